The van der Waals surface area contributed by atoms with Gasteiger partial charge in [-0.3, -0.25) is 14.3 Å². The van der Waals surface area contributed by atoms with Gasteiger partial charge in [-0.1, -0.05) is 6.92 Å². The molecule has 2 saturated carbocycles. The zero-order valence-corrected chi connectivity index (χ0v) is 20.0. The molecule has 2 aromatic heterocycles. The van der Waals surface area contributed by atoms with Crippen LogP contribution < -0.4 is 15.6 Å². The van der Waals surface area contributed by atoms with E-state index in [1.165, 1.54) is 0 Å². The van der Waals surface area contributed by atoms with Crippen molar-refractivity contribution in [1.82, 2.24) is 14.3 Å². The highest BCUT2D eigenvalue weighted by Crippen LogP contribution is 2.55. The van der Waals surface area contributed by atoms with Gasteiger partial charge in [0.1, 0.15) is 11.4 Å². The minimum Gasteiger partial charge on any atom is -0.490 e. The molecule has 1 N–H and O–H groups in total. The SMILES string of the molecule is CC(C)Oc1cc2nn(C34COC(C)(C3)C4)cc2cc1C(=O)Nc1cccn([C@@H]2C[C@H]2C)c1=O. The van der Waals surface area contributed by atoms with Crippen LogP contribution in [0.25, 0.3) is 10.9 Å². The molecule has 0 spiro atoms. The van der Waals surface area contributed by atoms with E-state index < -0.39 is 0 Å². The first kappa shape index (κ1) is 21.4. The Hall–Kier alpha value is -3.13. The Balaban J connectivity index is 1.35. The molecule has 2 bridgehead atoms. The number of nitrogens with zero attached hydrogens (tertiary/aromatic N) is 3. The average molecular weight is 463 g/mol. The lowest BCUT2D eigenvalue weighted by molar-refractivity contribution is 0.00383. The average Bonchev–Trinajstić information content (AvgIpc) is 3.08. The second-order valence-electron chi connectivity index (χ2n) is 10.8. The fraction of sp³-hybridized carbons (Fsp3) is 0.500. The Labute approximate surface area is 197 Å². The van der Waals surface area contributed by atoms with E-state index in [1.807, 2.05) is 30.8 Å². The molecule has 34 heavy (non-hydrogen) atoms. The summed E-state index contributed by atoms with van der Waals surface area (Å²) in [5, 5.41) is 8.50. The first-order valence-electron chi connectivity index (χ1n) is 12.0. The largest absolute Gasteiger partial charge is 0.490 e. The van der Waals surface area contributed by atoms with Crippen molar-refractivity contribution in [1.29, 1.82) is 0 Å². The van der Waals surface area contributed by atoms with Gasteiger partial charge in [0, 0.05) is 42.7 Å². The minimum absolute atomic E-state index is 0.0457. The molecule has 178 valence electrons. The summed E-state index contributed by atoms with van der Waals surface area (Å²) in [5.41, 5.74) is 1.09. The van der Waals surface area contributed by atoms with Crippen LogP contribution in [0.4, 0.5) is 5.69 Å². The molecular weight excluding hydrogens is 432 g/mol. The summed E-state index contributed by atoms with van der Waals surface area (Å²) in [5.74, 6) is 0.561. The highest BCUT2D eigenvalue weighted by atomic mass is 16.5. The predicted molar refractivity (Wildman–Crippen MR) is 129 cm³/mol. The molecule has 1 amide bonds. The fourth-order valence-electron chi connectivity index (χ4n) is 5.65. The third-order valence-corrected chi connectivity index (χ3v) is 7.44. The van der Waals surface area contributed by atoms with E-state index in [2.05, 4.69) is 19.2 Å². The quantitative estimate of drug-likeness (QED) is 0.596. The summed E-state index contributed by atoms with van der Waals surface area (Å²) in [7, 11) is 0. The van der Waals surface area contributed by atoms with Crippen LogP contribution in [0.3, 0.4) is 0 Å². The van der Waals surface area contributed by atoms with E-state index in [1.54, 1.807) is 29.0 Å². The summed E-state index contributed by atoms with van der Waals surface area (Å²) < 4.78 is 15.7. The number of benzene rings is 1. The van der Waals surface area contributed by atoms with Crippen LogP contribution in [0, 0.1) is 5.92 Å². The van der Waals surface area contributed by atoms with Crippen molar-refractivity contribution < 1.29 is 14.3 Å². The summed E-state index contributed by atoms with van der Waals surface area (Å²) in [6.45, 7) is 8.75. The van der Waals surface area contributed by atoms with Gasteiger partial charge >= 0.3 is 0 Å². The summed E-state index contributed by atoms with van der Waals surface area (Å²) in [6.07, 6.45) is 6.52. The monoisotopic (exact) mass is 462 g/mol. The predicted octanol–water partition coefficient (Wildman–Crippen LogP) is 4.10. The lowest BCUT2D eigenvalue weighted by atomic mass is 9.69. The van der Waals surface area contributed by atoms with Gasteiger partial charge in [-0.2, -0.15) is 5.10 Å². The number of nitrogens with one attached hydrogen (secondary N) is 1. The number of anilines is 1. The molecule has 4 fully saturated rings. The molecule has 8 heteroatoms. The van der Waals surface area contributed by atoms with Crippen molar-refractivity contribution >= 4 is 22.5 Å². The normalized spacial score (nSPS) is 29.3. The zero-order valence-electron chi connectivity index (χ0n) is 20.0. The number of rotatable bonds is 6. The molecule has 8 nitrogen and oxygen atoms in total. The first-order chi connectivity index (χ1) is 16.2. The lowest BCUT2D eigenvalue weighted by Crippen LogP contribution is -2.49. The first-order valence-corrected chi connectivity index (χ1v) is 12.0. The third kappa shape index (κ3) is 3.35. The Kier molecular flexibility index (Phi) is 4.52. The van der Waals surface area contributed by atoms with Crippen LogP contribution in [0.1, 0.15) is 63.4 Å². The fourth-order valence-corrected chi connectivity index (χ4v) is 5.65. The van der Waals surface area contributed by atoms with Gasteiger partial charge in [0.15, 0.2) is 0 Å². The van der Waals surface area contributed by atoms with Crippen molar-refractivity contribution in [2.45, 2.75) is 70.2 Å². The number of hydrogen-bond acceptors (Lipinski definition) is 5. The number of amides is 1. The van der Waals surface area contributed by atoms with Crippen molar-refractivity contribution in [3.63, 3.8) is 0 Å². The number of fused-ring (bicyclic) bond motifs is 2. The smallest absolute Gasteiger partial charge is 0.274 e. The van der Waals surface area contributed by atoms with Crippen LogP contribution in [0.15, 0.2) is 41.5 Å². The molecular formula is C26H30N4O4. The summed E-state index contributed by atoms with van der Waals surface area (Å²) in [6, 6.07) is 7.28. The molecule has 7 rings (SSSR count). The van der Waals surface area contributed by atoms with Crippen LogP contribution >= 0.6 is 0 Å². The second-order valence-corrected chi connectivity index (χ2v) is 10.8. The summed E-state index contributed by atoms with van der Waals surface area (Å²) in [4.78, 5) is 26.3. The van der Waals surface area contributed by atoms with Crippen molar-refractivity contribution in [2.24, 2.45) is 5.92 Å². The third-order valence-electron chi connectivity index (χ3n) is 7.44. The van der Waals surface area contributed by atoms with Crippen molar-refractivity contribution in [2.75, 3.05) is 11.9 Å². The Bertz CT molecular complexity index is 1360. The van der Waals surface area contributed by atoms with E-state index in [9.17, 15) is 9.59 Å². The zero-order chi connectivity index (χ0) is 23.8. The number of ether oxygens (including phenoxy) is 2. The Morgan fingerprint density at radius 2 is 2.09 bits per heavy atom. The topological polar surface area (TPSA) is 87.4 Å². The van der Waals surface area contributed by atoms with Gasteiger partial charge in [0.05, 0.1) is 34.9 Å². The number of aromatic nitrogens is 3. The van der Waals surface area contributed by atoms with Gasteiger partial charge in [-0.05, 0) is 51.3 Å². The molecule has 2 atom stereocenters. The van der Waals surface area contributed by atoms with E-state index >= 15 is 0 Å². The molecule has 0 unspecified atom stereocenters. The van der Waals surface area contributed by atoms with E-state index in [-0.39, 0.29) is 40.4 Å². The van der Waals surface area contributed by atoms with E-state index in [4.69, 9.17) is 14.6 Å². The minimum atomic E-state index is -0.373. The highest BCUT2D eigenvalue weighted by molar-refractivity contribution is 6.08. The lowest BCUT2D eigenvalue weighted by Gasteiger charge is -2.42. The van der Waals surface area contributed by atoms with Crippen molar-refractivity contribution in [3.05, 3.63) is 52.6 Å². The van der Waals surface area contributed by atoms with E-state index in [0.29, 0.717) is 23.8 Å². The molecule has 4 heterocycles. The molecule has 2 saturated heterocycles. The van der Waals surface area contributed by atoms with Crippen LogP contribution in [-0.4, -0.2) is 38.6 Å². The second kappa shape index (κ2) is 7.18. The maximum absolute atomic E-state index is 13.4. The number of carbonyl (C=O) groups excluding carboxylic acids is 1. The maximum atomic E-state index is 13.4. The van der Waals surface area contributed by atoms with Gasteiger partial charge in [-0.15, -0.1) is 0 Å². The summed E-state index contributed by atoms with van der Waals surface area (Å²) >= 11 is 0. The van der Waals surface area contributed by atoms with Gasteiger partial charge in [0.25, 0.3) is 11.5 Å². The number of hydrogen-bond donors (Lipinski definition) is 1. The van der Waals surface area contributed by atoms with Crippen LogP contribution in [0.5, 0.6) is 5.75 Å². The maximum Gasteiger partial charge on any atom is 0.274 e. The van der Waals surface area contributed by atoms with Crippen LogP contribution in [0.2, 0.25) is 0 Å². The van der Waals surface area contributed by atoms with E-state index in [0.717, 1.165) is 30.2 Å². The Morgan fingerprint density at radius 1 is 1.32 bits per heavy atom. The Morgan fingerprint density at radius 3 is 2.74 bits per heavy atom. The molecule has 4 aliphatic rings. The van der Waals surface area contributed by atoms with Crippen molar-refractivity contribution in [3.8, 4) is 5.75 Å². The molecule has 3 aromatic rings. The van der Waals surface area contributed by atoms with Crippen LogP contribution in [-0.2, 0) is 10.3 Å². The molecule has 2 aliphatic carbocycles. The number of carbonyl (C=O) groups is 1. The highest BCUT2D eigenvalue weighted by Gasteiger charge is 2.61. The number of pyridine rings is 1. The van der Waals surface area contributed by atoms with Gasteiger partial charge < -0.3 is 19.4 Å². The van der Waals surface area contributed by atoms with Gasteiger partial charge in [0.2, 0.25) is 0 Å². The molecule has 1 aromatic carbocycles. The standard InChI is InChI=1S/C26H30N4O4/c1-15(2)34-22-10-20-17(11-30(28-20)26-12-25(4,13-26)33-14-26)9-18(22)23(31)27-19-6-5-7-29(24(19)32)21-8-16(21)3/h5-7,9-11,15-16,21H,8,12-14H2,1-4H3,(H,27,31)/t16-,21-,25?,26?/m1/s1. The molecule has 2 aliphatic heterocycles. The van der Waals surface area contributed by atoms with Gasteiger partial charge in [-0.25, -0.2) is 0 Å². The molecule has 0 radical (unpaired) electrons.